The highest BCUT2D eigenvalue weighted by Gasteiger charge is 2.38. The van der Waals surface area contributed by atoms with E-state index in [9.17, 15) is 26.4 Å². The molecule has 196 valence electrons. The van der Waals surface area contributed by atoms with Crippen LogP contribution in [-0.2, 0) is 9.84 Å². The van der Waals surface area contributed by atoms with Crippen LogP contribution >= 0.6 is 0 Å². The van der Waals surface area contributed by atoms with Crippen LogP contribution < -0.4 is 10.1 Å². The summed E-state index contributed by atoms with van der Waals surface area (Å²) in [5, 5.41) is 10.9. The highest BCUT2D eigenvalue weighted by molar-refractivity contribution is 7.91. The quantitative estimate of drug-likeness (QED) is 0.270. The molecular formula is C24H38F3NO5S. The molecule has 0 radical (unpaired) electrons. The van der Waals surface area contributed by atoms with Gasteiger partial charge in [0.15, 0.2) is 15.9 Å². The van der Waals surface area contributed by atoms with Crippen LogP contribution in [0.15, 0.2) is 24.3 Å². The second-order valence-electron chi connectivity index (χ2n) is 8.47. The van der Waals surface area contributed by atoms with Crippen molar-refractivity contribution >= 4 is 15.7 Å². The van der Waals surface area contributed by atoms with Crippen LogP contribution in [-0.4, -0.2) is 56.4 Å². The number of unbranched alkanes of at least 4 members (excludes halogenated alkanes) is 9. The lowest BCUT2D eigenvalue weighted by molar-refractivity contribution is -0.201. The number of aliphatic hydroxyl groups is 1. The minimum atomic E-state index is -4.81. The molecule has 34 heavy (non-hydrogen) atoms. The number of aliphatic hydroxyl groups excluding tert-OH is 1. The molecule has 6 nitrogen and oxygen atoms in total. The van der Waals surface area contributed by atoms with Gasteiger partial charge in [0.1, 0.15) is 12.4 Å². The average Bonchev–Trinajstić information content (AvgIpc) is 2.78. The van der Waals surface area contributed by atoms with Gasteiger partial charge >= 0.3 is 6.18 Å². The van der Waals surface area contributed by atoms with Gasteiger partial charge in [0, 0.05) is 5.56 Å². The molecule has 1 unspecified atom stereocenters. The predicted octanol–water partition coefficient (Wildman–Crippen LogP) is 5.05. The predicted molar refractivity (Wildman–Crippen MR) is 127 cm³/mol. The number of amides is 1. The van der Waals surface area contributed by atoms with Gasteiger partial charge in [0.25, 0.3) is 5.91 Å². The van der Waals surface area contributed by atoms with E-state index in [2.05, 4.69) is 6.92 Å². The highest BCUT2D eigenvalue weighted by atomic mass is 32.2. The van der Waals surface area contributed by atoms with Gasteiger partial charge in [0.05, 0.1) is 18.1 Å². The van der Waals surface area contributed by atoms with Crippen LogP contribution in [0, 0.1) is 0 Å². The maximum absolute atomic E-state index is 12.3. The molecule has 0 spiro atoms. The molecule has 0 saturated heterocycles. The number of sulfone groups is 1. The molecule has 10 heteroatoms. The molecular weight excluding hydrogens is 471 g/mol. The van der Waals surface area contributed by atoms with Crippen molar-refractivity contribution in [3.63, 3.8) is 0 Å². The zero-order chi connectivity index (χ0) is 25.5. The van der Waals surface area contributed by atoms with Gasteiger partial charge in [-0.25, -0.2) is 8.42 Å². The van der Waals surface area contributed by atoms with E-state index in [0.29, 0.717) is 12.2 Å². The summed E-state index contributed by atoms with van der Waals surface area (Å²) in [6, 6.07) is 5.57. The molecule has 0 aliphatic rings. The summed E-state index contributed by atoms with van der Waals surface area (Å²) >= 11 is 0. The first-order valence-electron chi connectivity index (χ1n) is 12.0. The zero-order valence-electron chi connectivity index (χ0n) is 19.9. The van der Waals surface area contributed by atoms with Crippen LogP contribution in [0.3, 0.4) is 0 Å². The van der Waals surface area contributed by atoms with E-state index in [1.54, 1.807) is 0 Å². The molecule has 2 N–H and O–H groups in total. The molecule has 0 saturated carbocycles. The Morgan fingerprint density at radius 1 is 0.941 bits per heavy atom. The Morgan fingerprint density at radius 3 is 2.00 bits per heavy atom. The second-order valence-corrected chi connectivity index (χ2v) is 10.8. The van der Waals surface area contributed by atoms with E-state index < -0.39 is 34.6 Å². The summed E-state index contributed by atoms with van der Waals surface area (Å²) in [5.74, 6) is -0.396. The largest absolute Gasteiger partial charge is 0.493 e. The number of hydrogen-bond acceptors (Lipinski definition) is 5. The third kappa shape index (κ3) is 13.8. The smallest absolute Gasteiger partial charge is 0.416 e. The standard InChI is InChI=1S/C24H38F3NO5S/c1-2-3-4-5-6-7-8-9-10-11-17-34(31,32)18-16-33-21-14-12-20(13-15-21)23(30)28-19-22(29)24(25,26)27/h12-15,22,29H,2-11,16-19H2,1H3,(H,28,30). The Hall–Kier alpha value is -1.81. The molecule has 0 aromatic heterocycles. The van der Waals surface area contributed by atoms with E-state index >= 15 is 0 Å². The number of benzene rings is 1. The van der Waals surface area contributed by atoms with Crippen LogP contribution in [0.5, 0.6) is 5.75 Å². The number of hydrogen-bond donors (Lipinski definition) is 2. The highest BCUT2D eigenvalue weighted by Crippen LogP contribution is 2.19. The number of alkyl halides is 3. The summed E-state index contributed by atoms with van der Waals surface area (Å²) < 4.78 is 66.6. The van der Waals surface area contributed by atoms with Crippen LogP contribution in [0.1, 0.15) is 81.5 Å². The minimum absolute atomic E-state index is 0.0244. The Labute approximate surface area is 201 Å². The van der Waals surface area contributed by atoms with E-state index in [1.165, 1.54) is 62.8 Å². The Balaban J connectivity index is 2.21. The number of rotatable bonds is 18. The number of carbonyl (C=O) groups is 1. The molecule has 0 fully saturated rings. The summed E-state index contributed by atoms with van der Waals surface area (Å²) in [6.07, 6.45) is 3.88. The van der Waals surface area contributed by atoms with Gasteiger partial charge in [-0.2, -0.15) is 13.2 Å². The molecule has 1 aromatic carbocycles. The van der Waals surface area contributed by atoms with Crippen molar-refractivity contribution in [1.29, 1.82) is 0 Å². The molecule has 0 aliphatic carbocycles. The number of carbonyl (C=O) groups excluding carboxylic acids is 1. The fraction of sp³-hybridized carbons (Fsp3) is 0.708. The fourth-order valence-corrected chi connectivity index (χ4v) is 4.49. The van der Waals surface area contributed by atoms with E-state index in [0.717, 1.165) is 19.3 Å². The van der Waals surface area contributed by atoms with Crippen molar-refractivity contribution in [3.8, 4) is 5.75 Å². The van der Waals surface area contributed by atoms with Crippen molar-refractivity contribution in [2.24, 2.45) is 0 Å². The molecule has 1 rings (SSSR count). The molecule has 1 aromatic rings. The lowest BCUT2D eigenvalue weighted by Gasteiger charge is -2.15. The third-order valence-electron chi connectivity index (χ3n) is 5.42. The summed E-state index contributed by atoms with van der Waals surface area (Å²) in [4.78, 5) is 11.9. The lowest BCUT2D eigenvalue weighted by Crippen LogP contribution is -2.40. The first-order valence-corrected chi connectivity index (χ1v) is 13.8. The summed E-state index contributed by atoms with van der Waals surface area (Å²) in [7, 11) is -3.21. The molecule has 1 atom stereocenters. The zero-order valence-corrected chi connectivity index (χ0v) is 20.7. The van der Waals surface area contributed by atoms with Gasteiger partial charge in [-0.05, 0) is 30.7 Å². The van der Waals surface area contributed by atoms with E-state index in [4.69, 9.17) is 9.84 Å². The lowest BCUT2D eigenvalue weighted by atomic mass is 10.1. The molecule has 0 bridgehead atoms. The Morgan fingerprint density at radius 2 is 1.47 bits per heavy atom. The molecule has 1 amide bonds. The maximum Gasteiger partial charge on any atom is 0.416 e. The Bertz CT molecular complexity index is 798. The van der Waals surface area contributed by atoms with Crippen LogP contribution in [0.25, 0.3) is 0 Å². The fourth-order valence-electron chi connectivity index (χ4n) is 3.31. The van der Waals surface area contributed by atoms with Crippen molar-refractivity contribution < 1.29 is 36.2 Å². The van der Waals surface area contributed by atoms with Gasteiger partial charge < -0.3 is 15.2 Å². The van der Waals surface area contributed by atoms with E-state index in [-0.39, 0.29) is 23.7 Å². The normalized spacial score (nSPS) is 13.0. The Kier molecular flexibility index (Phi) is 14.2. The maximum atomic E-state index is 12.3. The van der Waals surface area contributed by atoms with Crippen molar-refractivity contribution in [2.75, 3.05) is 24.7 Å². The topological polar surface area (TPSA) is 92.7 Å². The van der Waals surface area contributed by atoms with Crippen LogP contribution in [0.4, 0.5) is 13.2 Å². The average molecular weight is 510 g/mol. The van der Waals surface area contributed by atoms with Gasteiger partial charge in [0.2, 0.25) is 0 Å². The number of ether oxygens (including phenoxy) is 1. The van der Waals surface area contributed by atoms with Gasteiger partial charge in [-0.3, -0.25) is 4.79 Å². The number of nitrogens with one attached hydrogen (secondary N) is 1. The number of halogens is 3. The van der Waals surface area contributed by atoms with Crippen molar-refractivity contribution in [2.45, 2.75) is 83.4 Å². The molecule has 0 aliphatic heterocycles. The SMILES string of the molecule is CCCCCCCCCCCCS(=O)(=O)CCOc1ccc(C(=O)NCC(O)C(F)(F)F)cc1. The monoisotopic (exact) mass is 509 g/mol. The first-order chi connectivity index (χ1) is 16.0. The first kappa shape index (κ1) is 30.2. The minimum Gasteiger partial charge on any atom is -0.493 e. The van der Waals surface area contributed by atoms with E-state index in [1.807, 2.05) is 5.32 Å². The summed E-state index contributed by atoms with van der Waals surface area (Å²) in [5.41, 5.74) is 0.0929. The van der Waals surface area contributed by atoms with Crippen molar-refractivity contribution in [1.82, 2.24) is 5.32 Å². The van der Waals surface area contributed by atoms with Gasteiger partial charge in [-0.1, -0.05) is 64.7 Å². The molecule has 0 heterocycles. The third-order valence-corrected chi connectivity index (χ3v) is 7.12. The van der Waals surface area contributed by atoms with Crippen LogP contribution in [0.2, 0.25) is 0 Å². The van der Waals surface area contributed by atoms with Crippen molar-refractivity contribution in [3.05, 3.63) is 29.8 Å². The van der Waals surface area contributed by atoms with Gasteiger partial charge in [-0.15, -0.1) is 0 Å². The summed E-state index contributed by atoms with van der Waals surface area (Å²) in [6.45, 7) is 1.23. The second kappa shape index (κ2) is 16.0.